The molecular weight excluding hydrogens is 344 g/mol. The zero-order chi connectivity index (χ0) is 19.0. The van der Waals surface area contributed by atoms with Crippen LogP contribution in [0.5, 0.6) is 5.75 Å². The fourth-order valence-electron chi connectivity index (χ4n) is 3.31. The van der Waals surface area contributed by atoms with E-state index in [0.29, 0.717) is 11.4 Å². The molecule has 7 heteroatoms. The van der Waals surface area contributed by atoms with Gasteiger partial charge in [0.2, 0.25) is 5.91 Å². The minimum Gasteiger partial charge on any atom is -0.496 e. The minimum atomic E-state index is -0.524. The molecule has 0 spiro atoms. The lowest BCUT2D eigenvalue weighted by Crippen LogP contribution is -2.28. The highest BCUT2D eigenvalue weighted by molar-refractivity contribution is 6.01. The van der Waals surface area contributed by atoms with E-state index >= 15 is 0 Å². The van der Waals surface area contributed by atoms with E-state index in [1.165, 1.54) is 10.9 Å². The van der Waals surface area contributed by atoms with Crippen LogP contribution in [0.1, 0.15) is 24.0 Å². The van der Waals surface area contributed by atoms with Gasteiger partial charge in [-0.2, -0.15) is 5.10 Å². The first-order valence-electron chi connectivity index (χ1n) is 8.72. The Morgan fingerprint density at radius 3 is 2.74 bits per heavy atom. The maximum Gasteiger partial charge on any atom is 0.347 e. The van der Waals surface area contributed by atoms with Gasteiger partial charge < -0.3 is 10.1 Å². The van der Waals surface area contributed by atoms with E-state index in [0.717, 1.165) is 29.7 Å². The predicted molar refractivity (Wildman–Crippen MR) is 101 cm³/mol. The molecule has 3 aromatic rings. The summed E-state index contributed by atoms with van der Waals surface area (Å²) in [7, 11) is 1.63. The number of H-pyrrole nitrogens is 1. The maximum atomic E-state index is 13.0. The highest BCUT2D eigenvalue weighted by atomic mass is 16.5. The second-order valence-corrected chi connectivity index (χ2v) is 6.80. The topological polar surface area (TPSA) is 89.0 Å². The van der Waals surface area contributed by atoms with Crippen molar-refractivity contribution in [2.45, 2.75) is 25.2 Å². The third-order valence-electron chi connectivity index (χ3n) is 5.08. The van der Waals surface area contributed by atoms with Crippen molar-refractivity contribution in [3.05, 3.63) is 70.4 Å². The van der Waals surface area contributed by atoms with E-state index in [9.17, 15) is 9.59 Å². The number of amides is 1. The molecule has 1 saturated carbocycles. The summed E-state index contributed by atoms with van der Waals surface area (Å²) in [5.74, 6) is 0.734. The lowest BCUT2D eigenvalue weighted by molar-refractivity contribution is -0.118. The van der Waals surface area contributed by atoms with E-state index in [4.69, 9.17) is 4.74 Å². The number of aryl methyl sites for hydroxylation is 1. The van der Waals surface area contributed by atoms with Crippen LogP contribution in [0.4, 0.5) is 5.69 Å². The Morgan fingerprint density at radius 2 is 2.07 bits per heavy atom. The van der Waals surface area contributed by atoms with Gasteiger partial charge in [-0.05, 0) is 55.2 Å². The van der Waals surface area contributed by atoms with Gasteiger partial charge in [0.1, 0.15) is 12.1 Å². The summed E-state index contributed by atoms with van der Waals surface area (Å²) in [6, 6.07) is 13.0. The summed E-state index contributed by atoms with van der Waals surface area (Å²) in [6.07, 6.45) is 3.00. The molecule has 1 heterocycles. The number of methoxy groups -OCH3 is 1. The molecule has 0 aliphatic heterocycles. The summed E-state index contributed by atoms with van der Waals surface area (Å²) in [4.78, 5) is 24.7. The van der Waals surface area contributed by atoms with Gasteiger partial charge in [-0.1, -0.05) is 18.2 Å². The molecule has 0 bridgehead atoms. The first-order valence-corrected chi connectivity index (χ1v) is 8.72. The van der Waals surface area contributed by atoms with E-state index in [-0.39, 0.29) is 11.6 Å². The maximum absolute atomic E-state index is 13.0. The number of benzene rings is 2. The number of rotatable bonds is 5. The largest absolute Gasteiger partial charge is 0.496 e. The Labute approximate surface area is 156 Å². The van der Waals surface area contributed by atoms with Crippen LogP contribution in [-0.2, 0) is 10.2 Å². The average molecular weight is 364 g/mol. The van der Waals surface area contributed by atoms with E-state index in [2.05, 4.69) is 15.5 Å². The van der Waals surface area contributed by atoms with Crippen LogP contribution >= 0.6 is 0 Å². The van der Waals surface area contributed by atoms with Crippen molar-refractivity contribution in [3.63, 3.8) is 0 Å². The molecule has 27 heavy (non-hydrogen) atoms. The zero-order valence-electron chi connectivity index (χ0n) is 15.2. The van der Waals surface area contributed by atoms with Gasteiger partial charge in [-0.25, -0.2) is 14.5 Å². The van der Waals surface area contributed by atoms with Crippen molar-refractivity contribution in [2.24, 2.45) is 0 Å². The molecule has 0 atom stereocenters. The van der Waals surface area contributed by atoms with Crippen LogP contribution < -0.4 is 15.7 Å². The van der Waals surface area contributed by atoms with Crippen molar-refractivity contribution < 1.29 is 9.53 Å². The number of ether oxygens (including phenoxy) is 1. The molecule has 1 aromatic heterocycles. The van der Waals surface area contributed by atoms with E-state index in [1.807, 2.05) is 25.1 Å². The summed E-state index contributed by atoms with van der Waals surface area (Å²) < 4.78 is 6.78. The summed E-state index contributed by atoms with van der Waals surface area (Å²) in [5.41, 5.74) is 2.41. The summed E-state index contributed by atoms with van der Waals surface area (Å²) >= 11 is 0. The van der Waals surface area contributed by atoms with Crippen molar-refractivity contribution >= 4 is 11.6 Å². The van der Waals surface area contributed by atoms with Crippen LogP contribution in [0.3, 0.4) is 0 Å². The quantitative estimate of drug-likeness (QED) is 0.728. The minimum absolute atomic E-state index is 0.0508. The summed E-state index contributed by atoms with van der Waals surface area (Å²) in [6.45, 7) is 1.98. The highest BCUT2D eigenvalue weighted by Gasteiger charge is 2.51. The smallest absolute Gasteiger partial charge is 0.347 e. The van der Waals surface area contributed by atoms with E-state index < -0.39 is 5.41 Å². The number of nitrogens with one attached hydrogen (secondary N) is 2. The van der Waals surface area contributed by atoms with Gasteiger partial charge in [0.05, 0.1) is 18.2 Å². The Hall–Kier alpha value is -3.35. The molecule has 4 rings (SSSR count). The lowest BCUT2D eigenvalue weighted by Gasteiger charge is -2.18. The third kappa shape index (κ3) is 3.01. The number of anilines is 1. The number of aromatic nitrogens is 3. The number of nitrogens with zero attached hydrogens (tertiary/aromatic N) is 2. The van der Waals surface area contributed by atoms with Crippen LogP contribution in [0.15, 0.2) is 53.6 Å². The fourth-order valence-corrected chi connectivity index (χ4v) is 3.31. The number of hydrogen-bond acceptors (Lipinski definition) is 4. The van der Waals surface area contributed by atoms with Crippen molar-refractivity contribution in [2.75, 3.05) is 12.4 Å². The highest BCUT2D eigenvalue weighted by Crippen LogP contribution is 2.50. The number of hydrogen-bond donors (Lipinski definition) is 2. The third-order valence-corrected chi connectivity index (χ3v) is 5.08. The molecular formula is C20H20N4O3. The monoisotopic (exact) mass is 364 g/mol. The van der Waals surface area contributed by atoms with Crippen LogP contribution in [0.2, 0.25) is 0 Å². The van der Waals surface area contributed by atoms with Gasteiger partial charge in [0.15, 0.2) is 0 Å². The van der Waals surface area contributed by atoms with Crippen molar-refractivity contribution in [1.29, 1.82) is 0 Å². The Morgan fingerprint density at radius 1 is 1.26 bits per heavy atom. The molecule has 1 amide bonds. The molecule has 2 N–H and O–H groups in total. The fraction of sp³-hybridized carbons (Fsp3) is 0.250. The van der Waals surface area contributed by atoms with Crippen LogP contribution in [-0.4, -0.2) is 27.8 Å². The van der Waals surface area contributed by atoms with Gasteiger partial charge in [-0.15, -0.1) is 0 Å². The second kappa shape index (κ2) is 6.42. The number of carbonyl (C=O) groups is 1. The SMILES string of the molecule is COc1cc(C2(C(=O)Nc3cccc(-n4cn[nH]c4=O)c3)CC2)ccc1C. The zero-order valence-corrected chi connectivity index (χ0v) is 15.2. The Kier molecular flexibility index (Phi) is 4.07. The molecule has 2 aromatic carbocycles. The van der Waals surface area contributed by atoms with Gasteiger partial charge in [0.25, 0.3) is 0 Å². The molecule has 1 aliphatic rings. The number of aromatic amines is 1. The molecule has 138 valence electrons. The van der Waals surface area contributed by atoms with Gasteiger partial charge in [-0.3, -0.25) is 4.79 Å². The predicted octanol–water partition coefficient (Wildman–Crippen LogP) is 2.55. The van der Waals surface area contributed by atoms with Crippen molar-refractivity contribution in [1.82, 2.24) is 14.8 Å². The Balaban J connectivity index is 1.59. The van der Waals surface area contributed by atoms with Gasteiger partial charge in [0, 0.05) is 5.69 Å². The lowest BCUT2D eigenvalue weighted by atomic mass is 9.93. The molecule has 7 nitrogen and oxygen atoms in total. The number of carbonyl (C=O) groups excluding carboxylic acids is 1. The average Bonchev–Trinajstić information content (AvgIpc) is 3.38. The molecule has 1 fully saturated rings. The first kappa shape index (κ1) is 17.1. The summed E-state index contributed by atoms with van der Waals surface area (Å²) in [5, 5.41) is 9.08. The molecule has 1 aliphatic carbocycles. The molecule has 0 saturated heterocycles. The first-order chi connectivity index (χ1) is 13.0. The second-order valence-electron chi connectivity index (χ2n) is 6.80. The van der Waals surface area contributed by atoms with Crippen LogP contribution in [0, 0.1) is 6.92 Å². The van der Waals surface area contributed by atoms with Crippen molar-refractivity contribution in [3.8, 4) is 11.4 Å². The Bertz CT molecular complexity index is 1060. The molecule has 0 radical (unpaired) electrons. The van der Waals surface area contributed by atoms with Gasteiger partial charge >= 0.3 is 5.69 Å². The normalized spacial score (nSPS) is 14.6. The van der Waals surface area contributed by atoms with Crippen LogP contribution in [0.25, 0.3) is 5.69 Å². The molecule has 0 unspecified atom stereocenters. The standard InChI is InChI=1S/C20H20N4O3/c1-13-6-7-14(10-17(13)27-2)20(8-9-20)18(25)22-15-4-3-5-16(11-15)24-12-21-23-19(24)26/h3-7,10-12H,8-9H2,1-2H3,(H,22,25)(H,23,26). The van der Waals surface area contributed by atoms with E-state index in [1.54, 1.807) is 31.4 Å².